The van der Waals surface area contributed by atoms with Crippen molar-refractivity contribution in [2.75, 3.05) is 59.6 Å². The summed E-state index contributed by atoms with van der Waals surface area (Å²) in [5.41, 5.74) is -1.02. The molecular weight excluding hydrogens is 484 g/mol. The van der Waals surface area contributed by atoms with E-state index < -0.39 is 29.6 Å². The molecular formula is C21H33BrN4O6. The molecule has 10 nitrogen and oxygen atoms in total. The Hall–Kier alpha value is -1.27. The number of aliphatic hydroxyl groups is 1. The summed E-state index contributed by atoms with van der Waals surface area (Å²) >= 11 is 3.63. The average Bonchev–Trinajstić information content (AvgIpc) is 3.38. The molecule has 0 radical (unpaired) electrons. The number of halogens is 1. The lowest BCUT2D eigenvalue weighted by Gasteiger charge is -2.34. The van der Waals surface area contributed by atoms with Crippen LogP contribution in [0.15, 0.2) is 0 Å². The molecule has 4 heterocycles. The van der Waals surface area contributed by atoms with E-state index in [4.69, 9.17) is 9.47 Å². The largest absolute Gasteiger partial charge is 0.396 e. The summed E-state index contributed by atoms with van der Waals surface area (Å²) in [6.45, 7) is 4.60. The summed E-state index contributed by atoms with van der Waals surface area (Å²) < 4.78 is 11.7. The second-order valence-electron chi connectivity index (χ2n) is 8.99. The van der Waals surface area contributed by atoms with Crippen molar-refractivity contribution in [3.8, 4) is 0 Å². The first-order chi connectivity index (χ1) is 15.4. The number of nitrogens with one attached hydrogen (secondary N) is 2. The number of fused-ring (bicyclic) bond motifs is 1. The summed E-state index contributed by atoms with van der Waals surface area (Å²) in [6.07, 6.45) is 1.18. The molecule has 1 spiro atoms. The van der Waals surface area contributed by atoms with Gasteiger partial charge in [0.15, 0.2) is 0 Å². The molecule has 0 aromatic rings. The first kappa shape index (κ1) is 23.9. The molecule has 4 aliphatic heterocycles. The van der Waals surface area contributed by atoms with Crippen LogP contribution >= 0.6 is 15.9 Å². The van der Waals surface area contributed by atoms with Crippen LogP contribution in [-0.2, 0) is 23.9 Å². The fraction of sp³-hybridized carbons (Fsp3) is 0.857. The highest BCUT2D eigenvalue weighted by Gasteiger charge is 2.76. The third-order valence-corrected chi connectivity index (χ3v) is 8.07. The molecule has 6 atom stereocenters. The number of alkyl halides is 1. The van der Waals surface area contributed by atoms with Crippen LogP contribution in [0.5, 0.6) is 0 Å². The van der Waals surface area contributed by atoms with E-state index in [1.54, 1.807) is 11.9 Å². The Morgan fingerprint density at radius 3 is 2.66 bits per heavy atom. The van der Waals surface area contributed by atoms with Gasteiger partial charge in [-0.3, -0.25) is 19.3 Å². The van der Waals surface area contributed by atoms with Crippen molar-refractivity contribution in [2.45, 2.75) is 41.8 Å². The maximum atomic E-state index is 13.5. The smallest absolute Gasteiger partial charge is 0.245 e. The van der Waals surface area contributed by atoms with E-state index in [-0.39, 0.29) is 29.2 Å². The minimum Gasteiger partial charge on any atom is -0.396 e. The molecule has 32 heavy (non-hydrogen) atoms. The molecule has 4 rings (SSSR count). The zero-order chi connectivity index (χ0) is 22.9. The first-order valence-corrected chi connectivity index (χ1v) is 12.4. The van der Waals surface area contributed by atoms with Crippen LogP contribution in [-0.4, -0.2) is 115 Å². The predicted octanol–water partition coefficient (Wildman–Crippen LogP) is -1.30. The van der Waals surface area contributed by atoms with E-state index in [1.807, 2.05) is 0 Å². The maximum Gasteiger partial charge on any atom is 0.245 e. The number of morpholine rings is 1. The molecule has 3 unspecified atom stereocenters. The van der Waals surface area contributed by atoms with Gasteiger partial charge in [-0.25, -0.2) is 0 Å². The minimum absolute atomic E-state index is 0.0237. The lowest BCUT2D eigenvalue weighted by molar-refractivity contribution is -0.142. The second-order valence-corrected chi connectivity index (χ2v) is 10.2. The van der Waals surface area contributed by atoms with Crippen molar-refractivity contribution in [1.29, 1.82) is 0 Å². The molecule has 0 aliphatic carbocycles. The molecule has 4 saturated heterocycles. The Morgan fingerprint density at radius 2 is 1.97 bits per heavy atom. The number of nitrogens with zero attached hydrogens (tertiary/aromatic N) is 2. The zero-order valence-corrected chi connectivity index (χ0v) is 20.0. The molecule has 0 aromatic carbocycles. The number of aliphatic hydroxyl groups excluding tert-OH is 1. The zero-order valence-electron chi connectivity index (χ0n) is 18.4. The Balaban J connectivity index is 1.53. The van der Waals surface area contributed by atoms with Crippen LogP contribution in [0.1, 0.15) is 19.3 Å². The summed E-state index contributed by atoms with van der Waals surface area (Å²) in [6, 6.07) is -0.789. The molecule has 180 valence electrons. The molecule has 3 N–H and O–H groups in total. The number of hydrogen-bond acceptors (Lipinski definition) is 7. The van der Waals surface area contributed by atoms with Gasteiger partial charge in [-0.1, -0.05) is 15.9 Å². The van der Waals surface area contributed by atoms with Gasteiger partial charge in [0.25, 0.3) is 0 Å². The van der Waals surface area contributed by atoms with Crippen molar-refractivity contribution < 1.29 is 29.0 Å². The summed E-state index contributed by atoms with van der Waals surface area (Å²) in [5, 5.41) is 14.9. The first-order valence-electron chi connectivity index (χ1n) is 11.5. The number of carbonyl (C=O) groups is 3. The van der Waals surface area contributed by atoms with Gasteiger partial charge in [-0.2, -0.15) is 0 Å². The molecule has 0 saturated carbocycles. The highest BCUT2D eigenvalue weighted by molar-refractivity contribution is 9.09. The lowest BCUT2D eigenvalue weighted by Crippen LogP contribution is -2.56. The maximum absolute atomic E-state index is 13.5. The van der Waals surface area contributed by atoms with Crippen LogP contribution in [0.2, 0.25) is 0 Å². The number of ether oxygens (including phenoxy) is 2. The van der Waals surface area contributed by atoms with Crippen LogP contribution in [0.4, 0.5) is 0 Å². The van der Waals surface area contributed by atoms with Gasteiger partial charge in [0.1, 0.15) is 11.6 Å². The number of hydrogen-bond donors (Lipinski definition) is 3. The Morgan fingerprint density at radius 1 is 1.22 bits per heavy atom. The summed E-state index contributed by atoms with van der Waals surface area (Å²) in [5.74, 6) is -1.98. The third kappa shape index (κ3) is 4.06. The average molecular weight is 517 g/mol. The van der Waals surface area contributed by atoms with E-state index in [0.29, 0.717) is 52.1 Å². The fourth-order valence-corrected chi connectivity index (χ4v) is 6.73. The SMILES string of the molecule is CNC(=O)[C@H]1[C@@H]2OC3(CC2Br)C(C(=O)NCCN2CCOCC2)N(CCCCO)C(=O)[C@H]13. The van der Waals surface area contributed by atoms with Crippen LogP contribution in [0, 0.1) is 11.8 Å². The van der Waals surface area contributed by atoms with Crippen LogP contribution in [0.3, 0.4) is 0 Å². The van der Waals surface area contributed by atoms with Gasteiger partial charge in [0, 0.05) is 51.2 Å². The van der Waals surface area contributed by atoms with Gasteiger partial charge in [-0.15, -0.1) is 0 Å². The standard InChI is InChI=1S/C21H33BrN4O6/c1-23-18(28)14-15-20(30)26(5-2-3-9-27)17(21(15)12-13(22)16(14)32-21)19(29)24-4-6-25-7-10-31-11-8-25/h13-17,27H,2-12H2,1H3,(H,23,28)(H,24,29)/t13?,14-,15+,16-,17?,21?/m1/s1. The highest BCUT2D eigenvalue weighted by Crippen LogP contribution is 2.59. The molecule has 3 amide bonds. The Bertz CT molecular complexity index is 735. The Labute approximate surface area is 196 Å². The number of amides is 3. The Kier molecular flexibility index (Phi) is 7.40. The topological polar surface area (TPSA) is 120 Å². The van der Waals surface area contributed by atoms with Crippen molar-refractivity contribution in [3.63, 3.8) is 0 Å². The molecule has 2 bridgehead atoms. The summed E-state index contributed by atoms with van der Waals surface area (Å²) in [7, 11) is 1.55. The highest BCUT2D eigenvalue weighted by atomic mass is 79.9. The van der Waals surface area contributed by atoms with Crippen LogP contribution < -0.4 is 10.6 Å². The number of likely N-dealkylation sites (tertiary alicyclic amines) is 1. The van der Waals surface area contributed by atoms with Gasteiger partial charge >= 0.3 is 0 Å². The lowest BCUT2D eigenvalue weighted by atomic mass is 9.70. The van der Waals surface area contributed by atoms with Gasteiger partial charge in [0.2, 0.25) is 17.7 Å². The van der Waals surface area contributed by atoms with Gasteiger partial charge < -0.3 is 30.1 Å². The molecule has 0 aromatic heterocycles. The van der Waals surface area contributed by atoms with Gasteiger partial charge in [-0.05, 0) is 19.3 Å². The third-order valence-electron chi connectivity index (χ3n) is 7.22. The number of rotatable bonds is 9. The minimum atomic E-state index is -1.02. The fourth-order valence-electron chi connectivity index (χ4n) is 5.79. The van der Waals surface area contributed by atoms with Crippen molar-refractivity contribution in [2.24, 2.45) is 11.8 Å². The van der Waals surface area contributed by atoms with E-state index >= 15 is 0 Å². The molecule has 11 heteroatoms. The monoisotopic (exact) mass is 516 g/mol. The van der Waals surface area contributed by atoms with Crippen molar-refractivity contribution in [3.05, 3.63) is 0 Å². The molecule has 4 aliphatic rings. The van der Waals surface area contributed by atoms with Crippen LogP contribution in [0.25, 0.3) is 0 Å². The predicted molar refractivity (Wildman–Crippen MR) is 118 cm³/mol. The van der Waals surface area contributed by atoms with E-state index in [0.717, 1.165) is 13.1 Å². The van der Waals surface area contributed by atoms with E-state index in [9.17, 15) is 19.5 Å². The second kappa shape index (κ2) is 9.92. The quantitative estimate of drug-likeness (QED) is 0.257. The summed E-state index contributed by atoms with van der Waals surface area (Å²) in [4.78, 5) is 43.4. The molecule has 4 fully saturated rings. The number of carbonyl (C=O) groups excluding carboxylic acids is 3. The number of unbranched alkanes of at least 4 members (excludes halogenated alkanes) is 1. The van der Waals surface area contributed by atoms with E-state index in [1.165, 1.54) is 0 Å². The van der Waals surface area contributed by atoms with Gasteiger partial charge in [0.05, 0.1) is 31.2 Å². The van der Waals surface area contributed by atoms with Crippen molar-refractivity contribution in [1.82, 2.24) is 20.4 Å². The van der Waals surface area contributed by atoms with E-state index in [2.05, 4.69) is 31.5 Å². The van der Waals surface area contributed by atoms with Crippen molar-refractivity contribution >= 4 is 33.7 Å². The normalized spacial score (nSPS) is 36.4.